The third-order valence-electron chi connectivity index (χ3n) is 5.04. The first-order valence-corrected chi connectivity index (χ1v) is 10.2. The monoisotopic (exact) mass is 374 g/mol. The average molecular weight is 375 g/mol. The Bertz CT molecular complexity index is 590. The Labute approximate surface area is 163 Å². The van der Waals surface area contributed by atoms with Gasteiger partial charge in [0, 0.05) is 31.6 Å². The van der Waals surface area contributed by atoms with Gasteiger partial charge < -0.3 is 15.0 Å². The predicted molar refractivity (Wildman–Crippen MR) is 108 cm³/mol. The second kappa shape index (κ2) is 11.1. The minimum Gasteiger partial charge on any atom is -0.484 e. The highest BCUT2D eigenvalue weighted by Gasteiger charge is 2.20. The maximum Gasteiger partial charge on any atom is 0.257 e. The Hall–Kier alpha value is -1.88. The van der Waals surface area contributed by atoms with Gasteiger partial charge in [-0.05, 0) is 61.9 Å². The van der Waals surface area contributed by atoms with Gasteiger partial charge in [0.25, 0.3) is 5.91 Å². The van der Waals surface area contributed by atoms with Gasteiger partial charge in [0.1, 0.15) is 5.75 Å². The summed E-state index contributed by atoms with van der Waals surface area (Å²) in [6.07, 6.45) is 3.91. The Morgan fingerprint density at radius 3 is 2.41 bits per heavy atom. The van der Waals surface area contributed by atoms with Crippen LogP contribution in [-0.4, -0.2) is 49.4 Å². The Morgan fingerprint density at radius 2 is 1.78 bits per heavy atom. The molecule has 0 aliphatic carbocycles. The number of Topliss-reactive ketones (excluding diaryl/α,β-unsaturated/α-hetero) is 1. The third-order valence-corrected chi connectivity index (χ3v) is 5.04. The fourth-order valence-corrected chi connectivity index (χ4v) is 3.80. The van der Waals surface area contributed by atoms with E-state index in [1.165, 1.54) is 19.5 Å². The number of benzene rings is 1. The molecule has 5 nitrogen and oxygen atoms in total. The number of nitrogens with zero attached hydrogens (tertiary/aromatic N) is 1. The van der Waals surface area contributed by atoms with Crippen LogP contribution in [0.4, 0.5) is 0 Å². The summed E-state index contributed by atoms with van der Waals surface area (Å²) in [6.45, 7) is 10.7. The molecule has 0 saturated carbocycles. The molecule has 1 amide bonds. The molecule has 1 saturated heterocycles. The van der Waals surface area contributed by atoms with Gasteiger partial charge >= 0.3 is 0 Å². The van der Waals surface area contributed by atoms with Crippen LogP contribution in [0.2, 0.25) is 0 Å². The van der Waals surface area contributed by atoms with Crippen LogP contribution in [0.1, 0.15) is 56.8 Å². The topological polar surface area (TPSA) is 58.6 Å². The van der Waals surface area contributed by atoms with Crippen molar-refractivity contribution in [2.75, 3.05) is 32.8 Å². The van der Waals surface area contributed by atoms with Crippen LogP contribution in [0.3, 0.4) is 0 Å². The number of rotatable bonds is 10. The van der Waals surface area contributed by atoms with Crippen molar-refractivity contribution in [3.63, 3.8) is 0 Å². The SMILES string of the molecule is CCC(=O)c1ccc(OCC(=O)NCCCCN2CC(C)CC(C)C2)cc1. The van der Waals surface area contributed by atoms with Crippen molar-refractivity contribution in [2.24, 2.45) is 11.8 Å². The maximum atomic E-state index is 11.9. The summed E-state index contributed by atoms with van der Waals surface area (Å²) in [7, 11) is 0. The molecule has 2 rings (SSSR count). The highest BCUT2D eigenvalue weighted by atomic mass is 16.5. The van der Waals surface area contributed by atoms with Crippen molar-refractivity contribution >= 4 is 11.7 Å². The van der Waals surface area contributed by atoms with Gasteiger partial charge in [0.2, 0.25) is 0 Å². The van der Waals surface area contributed by atoms with Gasteiger partial charge in [0.15, 0.2) is 12.4 Å². The second-order valence-corrected chi connectivity index (χ2v) is 7.85. The number of hydrogen-bond donors (Lipinski definition) is 1. The van der Waals surface area contributed by atoms with Crippen LogP contribution in [0, 0.1) is 11.8 Å². The van der Waals surface area contributed by atoms with Crippen molar-refractivity contribution in [3.8, 4) is 5.75 Å². The first-order chi connectivity index (χ1) is 13.0. The summed E-state index contributed by atoms with van der Waals surface area (Å²) in [4.78, 5) is 26.0. The van der Waals surface area contributed by atoms with Crippen LogP contribution in [-0.2, 0) is 4.79 Å². The van der Waals surface area contributed by atoms with E-state index in [-0.39, 0.29) is 18.3 Å². The lowest BCUT2D eigenvalue weighted by Crippen LogP contribution is -2.39. The van der Waals surface area contributed by atoms with Gasteiger partial charge in [0.05, 0.1) is 0 Å². The fourth-order valence-electron chi connectivity index (χ4n) is 3.80. The second-order valence-electron chi connectivity index (χ2n) is 7.85. The van der Waals surface area contributed by atoms with E-state index < -0.39 is 0 Å². The van der Waals surface area contributed by atoms with E-state index in [0.717, 1.165) is 31.2 Å². The lowest BCUT2D eigenvalue weighted by Gasteiger charge is -2.34. The highest BCUT2D eigenvalue weighted by molar-refractivity contribution is 5.95. The van der Waals surface area contributed by atoms with E-state index in [1.807, 2.05) is 6.92 Å². The summed E-state index contributed by atoms with van der Waals surface area (Å²) >= 11 is 0. The van der Waals surface area contributed by atoms with Gasteiger partial charge in [-0.1, -0.05) is 20.8 Å². The molecule has 1 N–H and O–H groups in total. The van der Waals surface area contributed by atoms with Crippen LogP contribution in [0.25, 0.3) is 0 Å². The summed E-state index contributed by atoms with van der Waals surface area (Å²) in [5.41, 5.74) is 0.673. The number of carbonyl (C=O) groups is 2. The summed E-state index contributed by atoms with van der Waals surface area (Å²) < 4.78 is 5.48. The van der Waals surface area contributed by atoms with Gasteiger partial charge in [-0.25, -0.2) is 0 Å². The quantitative estimate of drug-likeness (QED) is 0.503. The van der Waals surface area contributed by atoms with Crippen LogP contribution >= 0.6 is 0 Å². The molecule has 1 aromatic rings. The van der Waals surface area contributed by atoms with Gasteiger partial charge in [-0.2, -0.15) is 0 Å². The summed E-state index contributed by atoms with van der Waals surface area (Å²) in [5, 5.41) is 2.91. The predicted octanol–water partition coefficient (Wildman–Crippen LogP) is 3.53. The molecule has 1 heterocycles. The number of piperidine rings is 1. The average Bonchev–Trinajstić information content (AvgIpc) is 2.65. The lowest BCUT2D eigenvalue weighted by molar-refractivity contribution is -0.123. The van der Waals surface area contributed by atoms with E-state index in [1.54, 1.807) is 24.3 Å². The zero-order valence-electron chi connectivity index (χ0n) is 17.0. The molecule has 1 aromatic carbocycles. The normalized spacial score (nSPS) is 20.3. The fraction of sp³-hybridized carbons (Fsp3) is 0.636. The molecular formula is C22H34N2O3. The largest absolute Gasteiger partial charge is 0.484 e. The number of amides is 1. The van der Waals surface area contributed by atoms with E-state index in [9.17, 15) is 9.59 Å². The minimum atomic E-state index is -0.107. The smallest absolute Gasteiger partial charge is 0.257 e. The van der Waals surface area contributed by atoms with E-state index in [0.29, 0.717) is 24.3 Å². The molecule has 27 heavy (non-hydrogen) atoms. The molecule has 1 aliphatic heterocycles. The van der Waals surface area contributed by atoms with Crippen LogP contribution < -0.4 is 10.1 Å². The molecule has 1 aliphatic rings. The first kappa shape index (κ1) is 21.4. The van der Waals surface area contributed by atoms with E-state index >= 15 is 0 Å². The lowest BCUT2D eigenvalue weighted by atomic mass is 9.92. The molecule has 2 unspecified atom stereocenters. The molecule has 5 heteroatoms. The van der Waals surface area contributed by atoms with Crippen molar-refractivity contribution in [1.29, 1.82) is 0 Å². The Balaban J connectivity index is 1.56. The van der Waals surface area contributed by atoms with E-state index in [2.05, 4.69) is 24.1 Å². The van der Waals surface area contributed by atoms with Crippen molar-refractivity contribution < 1.29 is 14.3 Å². The third kappa shape index (κ3) is 7.71. The number of carbonyl (C=O) groups excluding carboxylic acids is 2. The molecule has 0 radical (unpaired) electrons. The number of hydrogen-bond acceptors (Lipinski definition) is 4. The van der Waals surface area contributed by atoms with Gasteiger partial charge in [-0.3, -0.25) is 9.59 Å². The zero-order valence-corrected chi connectivity index (χ0v) is 17.0. The number of unbranched alkanes of at least 4 members (excludes halogenated alkanes) is 1. The molecule has 2 atom stereocenters. The van der Waals surface area contributed by atoms with Crippen molar-refractivity contribution in [3.05, 3.63) is 29.8 Å². The van der Waals surface area contributed by atoms with Crippen LogP contribution in [0.5, 0.6) is 5.75 Å². The summed E-state index contributed by atoms with van der Waals surface area (Å²) in [5.74, 6) is 2.18. The standard InChI is InChI=1S/C22H34N2O3/c1-4-21(25)19-7-9-20(10-8-19)27-16-22(26)23-11-5-6-12-24-14-17(2)13-18(3)15-24/h7-10,17-18H,4-6,11-16H2,1-3H3,(H,23,26). The maximum absolute atomic E-state index is 11.9. The summed E-state index contributed by atoms with van der Waals surface area (Å²) in [6, 6.07) is 6.94. The van der Waals surface area contributed by atoms with Crippen molar-refractivity contribution in [2.45, 2.75) is 46.5 Å². The van der Waals surface area contributed by atoms with Crippen LogP contribution in [0.15, 0.2) is 24.3 Å². The molecule has 1 fully saturated rings. The number of ketones is 1. The highest BCUT2D eigenvalue weighted by Crippen LogP contribution is 2.21. The molecule has 0 aromatic heterocycles. The van der Waals surface area contributed by atoms with Crippen molar-refractivity contribution in [1.82, 2.24) is 10.2 Å². The molecule has 0 spiro atoms. The molecule has 0 bridgehead atoms. The minimum absolute atomic E-state index is 0.00221. The molecular weight excluding hydrogens is 340 g/mol. The zero-order chi connectivity index (χ0) is 19.6. The van der Waals surface area contributed by atoms with E-state index in [4.69, 9.17) is 4.74 Å². The first-order valence-electron chi connectivity index (χ1n) is 10.2. The Morgan fingerprint density at radius 1 is 1.11 bits per heavy atom. The van der Waals surface area contributed by atoms with Gasteiger partial charge in [-0.15, -0.1) is 0 Å². The number of ether oxygens (including phenoxy) is 1. The number of nitrogens with one attached hydrogen (secondary N) is 1. The Kier molecular flexibility index (Phi) is 8.79. The number of likely N-dealkylation sites (tertiary alicyclic amines) is 1. The molecule has 150 valence electrons.